The number of benzene rings is 1. The fourth-order valence-corrected chi connectivity index (χ4v) is 1.53. The lowest BCUT2D eigenvalue weighted by Gasteiger charge is -2.09. The van der Waals surface area contributed by atoms with E-state index in [1.807, 2.05) is 0 Å². The van der Waals surface area contributed by atoms with Gasteiger partial charge in [-0.3, -0.25) is 0 Å². The number of unbranched alkanes of at least 4 members (excludes halogenated alkanes) is 1. The predicted octanol–water partition coefficient (Wildman–Crippen LogP) is 3.38. The van der Waals surface area contributed by atoms with Gasteiger partial charge in [0, 0.05) is 19.8 Å². The highest BCUT2D eigenvalue weighted by atomic mass is 35.5. The molecule has 0 unspecified atom stereocenters. The Labute approximate surface area is 105 Å². The molecular weight excluding hydrogens is 249 g/mol. The minimum Gasteiger partial charge on any atom is -0.491 e. The van der Waals surface area contributed by atoms with Gasteiger partial charge < -0.3 is 15.2 Å². The Balaban J connectivity index is 2.45. The molecule has 1 aromatic carbocycles. The van der Waals surface area contributed by atoms with Gasteiger partial charge >= 0.3 is 0 Å². The van der Waals surface area contributed by atoms with E-state index in [1.54, 1.807) is 19.2 Å². The van der Waals surface area contributed by atoms with Crippen LogP contribution in [0, 0.1) is 0 Å². The normalized spacial score (nSPS) is 10.4. The first-order valence-corrected chi connectivity index (χ1v) is 5.77. The molecule has 1 aromatic rings. The second-order valence-electron chi connectivity index (χ2n) is 3.35. The number of anilines is 1. The number of ether oxygens (including phenoxy) is 2. The zero-order valence-electron chi connectivity index (χ0n) is 9.13. The Morgan fingerprint density at radius 3 is 2.44 bits per heavy atom. The summed E-state index contributed by atoms with van der Waals surface area (Å²) in [5, 5.41) is 0.883. The molecule has 0 saturated heterocycles. The van der Waals surface area contributed by atoms with Gasteiger partial charge in [-0.25, -0.2) is 0 Å². The average Bonchev–Trinajstić information content (AvgIpc) is 2.25. The van der Waals surface area contributed by atoms with Gasteiger partial charge in [0.15, 0.2) is 0 Å². The van der Waals surface area contributed by atoms with E-state index < -0.39 is 0 Å². The second-order valence-corrected chi connectivity index (χ2v) is 4.17. The zero-order chi connectivity index (χ0) is 12.0. The third-order valence-corrected chi connectivity index (χ3v) is 2.78. The number of hydrogen-bond acceptors (Lipinski definition) is 3. The lowest BCUT2D eigenvalue weighted by Crippen LogP contribution is -2.02. The van der Waals surface area contributed by atoms with Crippen molar-refractivity contribution in [2.45, 2.75) is 12.8 Å². The van der Waals surface area contributed by atoms with Crippen LogP contribution >= 0.6 is 23.2 Å². The predicted molar refractivity (Wildman–Crippen MR) is 67.5 cm³/mol. The second kappa shape index (κ2) is 6.84. The van der Waals surface area contributed by atoms with Crippen LogP contribution in [0.15, 0.2) is 12.1 Å². The zero-order valence-corrected chi connectivity index (χ0v) is 10.6. The monoisotopic (exact) mass is 263 g/mol. The number of halogens is 2. The molecule has 0 amide bonds. The standard InChI is InChI=1S/C11H15Cl2NO2/c1-15-4-2-3-5-16-11-7-9(13)8(12)6-10(11)14/h6-7H,2-5,14H2,1H3. The van der Waals surface area contributed by atoms with Crippen LogP contribution in [0.5, 0.6) is 5.75 Å². The van der Waals surface area contributed by atoms with Crippen LogP contribution in [0.1, 0.15) is 12.8 Å². The van der Waals surface area contributed by atoms with Crippen molar-refractivity contribution in [3.8, 4) is 5.75 Å². The maximum Gasteiger partial charge on any atom is 0.143 e. The maximum atomic E-state index is 5.86. The number of rotatable bonds is 6. The van der Waals surface area contributed by atoms with Gasteiger partial charge in [0.05, 0.1) is 22.3 Å². The number of nitrogen functional groups attached to an aromatic ring is 1. The molecule has 0 radical (unpaired) electrons. The summed E-state index contributed by atoms with van der Waals surface area (Å²) in [6.07, 6.45) is 1.87. The first-order valence-electron chi connectivity index (χ1n) is 5.01. The molecule has 0 heterocycles. The summed E-state index contributed by atoms with van der Waals surface area (Å²) in [6.45, 7) is 1.33. The van der Waals surface area contributed by atoms with E-state index in [2.05, 4.69) is 0 Å². The molecule has 5 heteroatoms. The number of hydrogen-bond donors (Lipinski definition) is 1. The Morgan fingerprint density at radius 2 is 1.75 bits per heavy atom. The highest BCUT2D eigenvalue weighted by Gasteiger charge is 2.05. The Hall–Kier alpha value is -0.640. The van der Waals surface area contributed by atoms with Crippen LogP contribution in [0.25, 0.3) is 0 Å². The Morgan fingerprint density at radius 1 is 1.12 bits per heavy atom. The van der Waals surface area contributed by atoms with Crippen LogP contribution in [-0.2, 0) is 4.74 Å². The molecule has 0 aliphatic rings. The molecule has 0 aliphatic heterocycles. The van der Waals surface area contributed by atoms with E-state index in [1.165, 1.54) is 0 Å². The van der Waals surface area contributed by atoms with Crippen LogP contribution in [-0.4, -0.2) is 20.3 Å². The molecular formula is C11H15Cl2NO2. The SMILES string of the molecule is COCCCCOc1cc(Cl)c(Cl)cc1N. The van der Waals surface area contributed by atoms with Crippen LogP contribution < -0.4 is 10.5 Å². The topological polar surface area (TPSA) is 44.5 Å². The molecule has 90 valence electrons. The van der Waals surface area contributed by atoms with Crippen LogP contribution in [0.3, 0.4) is 0 Å². The molecule has 0 bridgehead atoms. The fraction of sp³-hybridized carbons (Fsp3) is 0.455. The van der Waals surface area contributed by atoms with Gasteiger partial charge in [0.2, 0.25) is 0 Å². The fourth-order valence-electron chi connectivity index (χ4n) is 1.20. The molecule has 16 heavy (non-hydrogen) atoms. The van der Waals surface area contributed by atoms with Crippen molar-refractivity contribution in [3.05, 3.63) is 22.2 Å². The van der Waals surface area contributed by atoms with Crippen LogP contribution in [0.2, 0.25) is 10.0 Å². The summed E-state index contributed by atoms with van der Waals surface area (Å²) >= 11 is 11.7. The molecule has 2 N–H and O–H groups in total. The van der Waals surface area contributed by atoms with Gasteiger partial charge in [-0.05, 0) is 18.9 Å². The van der Waals surface area contributed by atoms with Gasteiger partial charge in [-0.1, -0.05) is 23.2 Å². The minimum atomic E-state index is 0.436. The van der Waals surface area contributed by atoms with Gasteiger partial charge in [0.25, 0.3) is 0 Å². The molecule has 3 nitrogen and oxygen atoms in total. The van der Waals surface area contributed by atoms with Crippen molar-refractivity contribution < 1.29 is 9.47 Å². The van der Waals surface area contributed by atoms with Crippen molar-refractivity contribution >= 4 is 28.9 Å². The molecule has 0 aliphatic carbocycles. The lowest BCUT2D eigenvalue weighted by atomic mass is 10.3. The van der Waals surface area contributed by atoms with Crippen molar-refractivity contribution in [1.29, 1.82) is 0 Å². The van der Waals surface area contributed by atoms with Crippen LogP contribution in [0.4, 0.5) is 5.69 Å². The average molecular weight is 264 g/mol. The maximum absolute atomic E-state index is 5.86. The highest BCUT2D eigenvalue weighted by molar-refractivity contribution is 6.42. The Bertz CT molecular complexity index is 345. The minimum absolute atomic E-state index is 0.436. The van der Waals surface area contributed by atoms with E-state index >= 15 is 0 Å². The van der Waals surface area contributed by atoms with Gasteiger partial charge in [0.1, 0.15) is 5.75 Å². The first-order chi connectivity index (χ1) is 7.65. The van der Waals surface area contributed by atoms with Gasteiger partial charge in [-0.2, -0.15) is 0 Å². The van der Waals surface area contributed by atoms with E-state index in [-0.39, 0.29) is 0 Å². The quantitative estimate of drug-likeness (QED) is 0.632. The molecule has 0 aromatic heterocycles. The molecule has 0 fully saturated rings. The molecule has 0 atom stereocenters. The third kappa shape index (κ3) is 4.08. The highest BCUT2D eigenvalue weighted by Crippen LogP contribution is 2.32. The van der Waals surface area contributed by atoms with Crippen molar-refractivity contribution in [3.63, 3.8) is 0 Å². The smallest absolute Gasteiger partial charge is 0.143 e. The third-order valence-electron chi connectivity index (χ3n) is 2.05. The Kier molecular flexibility index (Phi) is 5.74. The number of nitrogens with two attached hydrogens (primary N) is 1. The first kappa shape index (κ1) is 13.4. The van der Waals surface area contributed by atoms with Crippen molar-refractivity contribution in [1.82, 2.24) is 0 Å². The van der Waals surface area contributed by atoms with E-state index in [9.17, 15) is 0 Å². The molecule has 0 spiro atoms. The number of methoxy groups -OCH3 is 1. The summed E-state index contributed by atoms with van der Waals surface area (Å²) in [4.78, 5) is 0. The van der Waals surface area contributed by atoms with E-state index in [4.69, 9.17) is 38.4 Å². The molecule has 1 rings (SSSR count). The summed E-state index contributed by atoms with van der Waals surface area (Å²) in [6, 6.07) is 3.23. The molecule has 0 saturated carbocycles. The van der Waals surface area contributed by atoms with E-state index in [0.717, 1.165) is 19.4 Å². The van der Waals surface area contributed by atoms with Gasteiger partial charge in [-0.15, -0.1) is 0 Å². The van der Waals surface area contributed by atoms with Crippen molar-refractivity contribution in [2.75, 3.05) is 26.1 Å². The van der Waals surface area contributed by atoms with Crippen molar-refractivity contribution in [2.24, 2.45) is 0 Å². The lowest BCUT2D eigenvalue weighted by molar-refractivity contribution is 0.184. The summed E-state index contributed by atoms with van der Waals surface area (Å²) in [7, 11) is 1.68. The van der Waals surface area contributed by atoms with E-state index in [0.29, 0.717) is 28.1 Å². The summed E-state index contributed by atoms with van der Waals surface area (Å²) in [5.74, 6) is 0.576. The largest absolute Gasteiger partial charge is 0.491 e. The summed E-state index contributed by atoms with van der Waals surface area (Å²) < 4.78 is 10.4. The summed E-state index contributed by atoms with van der Waals surface area (Å²) in [5.41, 5.74) is 6.24.